The summed E-state index contributed by atoms with van der Waals surface area (Å²) in [4.78, 5) is 21.7. The third-order valence-electron chi connectivity index (χ3n) is 4.03. The van der Waals surface area contributed by atoms with Crippen LogP contribution in [0.1, 0.15) is 23.7 Å². The van der Waals surface area contributed by atoms with Crippen LogP contribution in [0.15, 0.2) is 24.5 Å². The Morgan fingerprint density at radius 3 is 2.90 bits per heavy atom. The quantitative estimate of drug-likeness (QED) is 0.929. The molecule has 1 aromatic carbocycles. The lowest BCUT2D eigenvalue weighted by Gasteiger charge is -2.28. The van der Waals surface area contributed by atoms with Gasteiger partial charge in [-0.05, 0) is 31.5 Å². The molecular formula is C15H17N3O3. The third kappa shape index (κ3) is 2.42. The second-order valence-corrected chi connectivity index (χ2v) is 5.28. The fourth-order valence-corrected chi connectivity index (χ4v) is 2.84. The van der Waals surface area contributed by atoms with E-state index in [1.54, 1.807) is 18.2 Å². The summed E-state index contributed by atoms with van der Waals surface area (Å²) in [7, 11) is 1.99. The van der Waals surface area contributed by atoms with Crippen molar-refractivity contribution in [1.29, 1.82) is 0 Å². The van der Waals surface area contributed by atoms with Gasteiger partial charge in [-0.25, -0.2) is 14.8 Å². The van der Waals surface area contributed by atoms with E-state index in [4.69, 9.17) is 9.84 Å². The predicted octanol–water partition coefficient (Wildman–Crippen LogP) is 1.94. The number of anilines is 1. The third-order valence-corrected chi connectivity index (χ3v) is 4.03. The van der Waals surface area contributed by atoms with Gasteiger partial charge in [0.15, 0.2) is 0 Å². The van der Waals surface area contributed by atoms with Gasteiger partial charge < -0.3 is 14.7 Å². The maximum Gasteiger partial charge on any atom is 0.335 e. The average Bonchev–Trinajstić information content (AvgIpc) is 2.91. The zero-order valence-corrected chi connectivity index (χ0v) is 12.0. The van der Waals surface area contributed by atoms with Gasteiger partial charge in [0.2, 0.25) is 0 Å². The van der Waals surface area contributed by atoms with Gasteiger partial charge in [0.1, 0.15) is 12.1 Å². The lowest BCUT2D eigenvalue weighted by atomic mass is 10.1. The van der Waals surface area contributed by atoms with E-state index in [-0.39, 0.29) is 17.7 Å². The van der Waals surface area contributed by atoms with Crippen molar-refractivity contribution in [2.75, 3.05) is 18.6 Å². The van der Waals surface area contributed by atoms with Crippen molar-refractivity contribution in [2.45, 2.75) is 25.5 Å². The highest BCUT2D eigenvalue weighted by molar-refractivity contribution is 5.96. The van der Waals surface area contributed by atoms with E-state index < -0.39 is 5.97 Å². The Labute approximate surface area is 122 Å². The first-order valence-electron chi connectivity index (χ1n) is 6.90. The molecule has 6 nitrogen and oxygen atoms in total. The van der Waals surface area contributed by atoms with Crippen molar-refractivity contribution in [1.82, 2.24) is 9.97 Å². The Kier molecular flexibility index (Phi) is 3.47. The van der Waals surface area contributed by atoms with E-state index >= 15 is 0 Å². The van der Waals surface area contributed by atoms with Gasteiger partial charge in [0, 0.05) is 19.0 Å². The molecule has 1 N–H and O–H groups in total. The molecule has 1 aromatic heterocycles. The van der Waals surface area contributed by atoms with E-state index in [2.05, 4.69) is 21.8 Å². The number of fused-ring (bicyclic) bond motifs is 1. The first-order chi connectivity index (χ1) is 10.1. The zero-order valence-electron chi connectivity index (χ0n) is 12.0. The molecule has 0 bridgehead atoms. The molecule has 6 heteroatoms. The Balaban J connectivity index is 2.04. The topological polar surface area (TPSA) is 75.5 Å². The highest BCUT2D eigenvalue weighted by atomic mass is 16.5. The molecule has 1 aliphatic heterocycles. The van der Waals surface area contributed by atoms with Crippen molar-refractivity contribution in [3.8, 4) is 0 Å². The minimum Gasteiger partial charge on any atom is -0.478 e. The minimum absolute atomic E-state index is 0.151. The number of hydrogen-bond donors (Lipinski definition) is 1. The first kappa shape index (κ1) is 13.8. The summed E-state index contributed by atoms with van der Waals surface area (Å²) in [5.74, 6) is -0.150. The summed E-state index contributed by atoms with van der Waals surface area (Å²) < 4.78 is 5.61. The molecule has 0 saturated carbocycles. The summed E-state index contributed by atoms with van der Waals surface area (Å²) in [5.41, 5.74) is 0.866. The summed E-state index contributed by atoms with van der Waals surface area (Å²) in [6.45, 7) is 2.81. The Morgan fingerprint density at radius 1 is 1.43 bits per heavy atom. The second-order valence-electron chi connectivity index (χ2n) is 5.28. The number of rotatable bonds is 3. The summed E-state index contributed by atoms with van der Waals surface area (Å²) in [6, 6.07) is 5.19. The van der Waals surface area contributed by atoms with Crippen LogP contribution in [0.4, 0.5) is 5.82 Å². The number of ether oxygens (including phenoxy) is 1. The van der Waals surface area contributed by atoms with E-state index in [1.807, 2.05) is 7.05 Å². The van der Waals surface area contributed by atoms with Gasteiger partial charge in [-0.2, -0.15) is 0 Å². The van der Waals surface area contributed by atoms with Crippen LogP contribution < -0.4 is 4.90 Å². The zero-order chi connectivity index (χ0) is 15.0. The van der Waals surface area contributed by atoms with Crippen molar-refractivity contribution in [3.63, 3.8) is 0 Å². The van der Waals surface area contributed by atoms with E-state index in [0.29, 0.717) is 5.52 Å². The number of aromatic carboxylic acids is 1. The number of carboxylic acid groups (broad SMARTS) is 1. The predicted molar refractivity (Wildman–Crippen MR) is 78.7 cm³/mol. The molecule has 2 unspecified atom stereocenters. The summed E-state index contributed by atoms with van der Waals surface area (Å²) in [5, 5.41) is 9.91. The normalized spacial score (nSPS) is 21.6. The van der Waals surface area contributed by atoms with Gasteiger partial charge in [-0.1, -0.05) is 0 Å². The molecule has 2 aromatic rings. The summed E-state index contributed by atoms with van der Waals surface area (Å²) >= 11 is 0. The first-order valence-corrected chi connectivity index (χ1v) is 6.90. The number of aromatic nitrogens is 2. The SMILES string of the molecule is CC1OCCC1N(C)c1ncnc2cc(C(=O)O)ccc12. The van der Waals surface area contributed by atoms with Crippen LogP contribution in [0, 0.1) is 0 Å². The van der Waals surface area contributed by atoms with Crippen LogP contribution in [0.2, 0.25) is 0 Å². The van der Waals surface area contributed by atoms with Gasteiger partial charge in [-0.3, -0.25) is 0 Å². The van der Waals surface area contributed by atoms with Crippen LogP contribution in [-0.2, 0) is 4.74 Å². The fraction of sp³-hybridized carbons (Fsp3) is 0.400. The molecular weight excluding hydrogens is 270 g/mol. The van der Waals surface area contributed by atoms with Crippen molar-refractivity contribution in [3.05, 3.63) is 30.1 Å². The molecule has 0 spiro atoms. The number of benzene rings is 1. The largest absolute Gasteiger partial charge is 0.478 e. The van der Waals surface area contributed by atoms with E-state index in [9.17, 15) is 4.79 Å². The molecule has 0 radical (unpaired) electrons. The van der Waals surface area contributed by atoms with Crippen molar-refractivity contribution in [2.24, 2.45) is 0 Å². The van der Waals surface area contributed by atoms with Gasteiger partial charge in [-0.15, -0.1) is 0 Å². The average molecular weight is 287 g/mol. The maximum absolute atomic E-state index is 11.0. The molecule has 1 saturated heterocycles. The molecule has 21 heavy (non-hydrogen) atoms. The Morgan fingerprint density at radius 2 is 2.24 bits per heavy atom. The van der Waals surface area contributed by atoms with E-state index in [1.165, 1.54) is 6.33 Å². The fourth-order valence-electron chi connectivity index (χ4n) is 2.84. The number of likely N-dealkylation sites (N-methyl/N-ethyl adjacent to an activating group) is 1. The monoisotopic (exact) mass is 287 g/mol. The smallest absolute Gasteiger partial charge is 0.335 e. The molecule has 0 amide bonds. The van der Waals surface area contributed by atoms with Crippen LogP contribution in [0.3, 0.4) is 0 Å². The number of carboxylic acids is 1. The molecule has 3 rings (SSSR count). The summed E-state index contributed by atoms with van der Waals surface area (Å²) in [6.07, 6.45) is 2.58. The highest BCUT2D eigenvalue weighted by Crippen LogP contribution is 2.28. The van der Waals surface area contributed by atoms with Gasteiger partial charge in [0.05, 0.1) is 23.2 Å². The molecule has 1 fully saturated rings. The molecule has 0 aliphatic carbocycles. The van der Waals surface area contributed by atoms with E-state index in [0.717, 1.165) is 24.2 Å². The number of hydrogen-bond acceptors (Lipinski definition) is 5. The molecule has 1 aliphatic rings. The van der Waals surface area contributed by atoms with Gasteiger partial charge >= 0.3 is 5.97 Å². The van der Waals surface area contributed by atoms with Crippen LogP contribution in [0.25, 0.3) is 10.9 Å². The van der Waals surface area contributed by atoms with Crippen molar-refractivity contribution >= 4 is 22.7 Å². The lowest BCUT2D eigenvalue weighted by Crippen LogP contribution is -2.37. The maximum atomic E-state index is 11.0. The molecule has 2 heterocycles. The standard InChI is InChI=1S/C15H17N3O3/c1-9-13(5-6-21-9)18(2)14-11-4-3-10(15(19)20)7-12(11)16-8-17-14/h3-4,7-9,13H,5-6H2,1-2H3,(H,19,20). The van der Waals surface area contributed by atoms with Crippen LogP contribution >= 0.6 is 0 Å². The number of nitrogens with zero attached hydrogens (tertiary/aromatic N) is 3. The highest BCUT2D eigenvalue weighted by Gasteiger charge is 2.29. The Hall–Kier alpha value is -2.21. The lowest BCUT2D eigenvalue weighted by molar-refractivity contribution is 0.0697. The van der Waals surface area contributed by atoms with Crippen molar-refractivity contribution < 1.29 is 14.6 Å². The van der Waals surface area contributed by atoms with Crippen LogP contribution in [-0.4, -0.2) is 46.8 Å². The Bertz CT molecular complexity index is 689. The minimum atomic E-state index is -0.955. The molecule has 2 atom stereocenters. The van der Waals surface area contributed by atoms with Gasteiger partial charge in [0.25, 0.3) is 0 Å². The van der Waals surface area contributed by atoms with Crippen LogP contribution in [0.5, 0.6) is 0 Å². The molecule has 110 valence electrons. The number of carbonyl (C=O) groups is 1. The second kappa shape index (κ2) is 5.29.